The van der Waals surface area contributed by atoms with Gasteiger partial charge in [0, 0.05) is 49.0 Å². The number of piperidine rings is 1. The van der Waals surface area contributed by atoms with Gasteiger partial charge in [-0.2, -0.15) is 0 Å². The summed E-state index contributed by atoms with van der Waals surface area (Å²) in [4.78, 5) is 19.8. The van der Waals surface area contributed by atoms with Crippen molar-refractivity contribution in [1.82, 2.24) is 14.5 Å². The predicted octanol–water partition coefficient (Wildman–Crippen LogP) is 2.98. The maximum absolute atomic E-state index is 11.3. The third kappa shape index (κ3) is 4.21. The van der Waals surface area contributed by atoms with Gasteiger partial charge < -0.3 is 18.9 Å². The molecule has 4 heterocycles. The number of fused-ring (bicyclic) bond motifs is 2. The van der Waals surface area contributed by atoms with Gasteiger partial charge >= 0.3 is 5.97 Å². The molecule has 2 aliphatic rings. The highest BCUT2D eigenvalue weighted by Gasteiger charge is 2.25. The van der Waals surface area contributed by atoms with Crippen molar-refractivity contribution >= 4 is 22.9 Å². The summed E-state index contributed by atoms with van der Waals surface area (Å²) < 4.78 is 12.6. The molecule has 28 heavy (non-hydrogen) atoms. The molecule has 0 aliphatic carbocycles. The summed E-state index contributed by atoms with van der Waals surface area (Å²) in [7, 11) is 0. The summed E-state index contributed by atoms with van der Waals surface area (Å²) in [6.45, 7) is 6.69. The van der Waals surface area contributed by atoms with Gasteiger partial charge in [-0.05, 0) is 43.2 Å². The van der Waals surface area contributed by atoms with Crippen LogP contribution in [-0.4, -0.2) is 59.9 Å². The topological polar surface area (TPSA) is 56.6 Å². The van der Waals surface area contributed by atoms with Crippen LogP contribution in [0.15, 0.2) is 29.4 Å². The van der Waals surface area contributed by atoms with Gasteiger partial charge in [0.2, 0.25) is 0 Å². The van der Waals surface area contributed by atoms with Crippen LogP contribution >= 0.6 is 11.3 Å². The van der Waals surface area contributed by atoms with Crippen LogP contribution < -0.4 is 0 Å². The van der Waals surface area contributed by atoms with E-state index < -0.39 is 0 Å². The predicted molar refractivity (Wildman–Crippen MR) is 109 cm³/mol. The van der Waals surface area contributed by atoms with Crippen LogP contribution in [0.25, 0.3) is 5.57 Å². The summed E-state index contributed by atoms with van der Waals surface area (Å²) in [5.41, 5.74) is 4.33. The second kappa shape index (κ2) is 9.03. The lowest BCUT2D eigenvalue weighted by Crippen LogP contribution is -2.34. The van der Waals surface area contributed by atoms with E-state index in [4.69, 9.17) is 14.5 Å². The molecular formula is C21H27N3O3S. The lowest BCUT2D eigenvalue weighted by molar-refractivity contribution is -0.148. The number of rotatable bonds is 6. The van der Waals surface area contributed by atoms with Crippen LogP contribution in [0.5, 0.6) is 0 Å². The zero-order chi connectivity index (χ0) is 19.3. The van der Waals surface area contributed by atoms with Gasteiger partial charge in [0.15, 0.2) is 0 Å². The minimum atomic E-state index is -0.288. The summed E-state index contributed by atoms with van der Waals surface area (Å²) in [5.74, 6) is 0.839. The van der Waals surface area contributed by atoms with E-state index >= 15 is 0 Å². The Balaban J connectivity index is 1.39. The largest absolute Gasteiger partial charge is 0.464 e. The van der Waals surface area contributed by atoms with Gasteiger partial charge in [-0.1, -0.05) is 5.57 Å². The third-order valence-corrected chi connectivity index (χ3v) is 6.40. The van der Waals surface area contributed by atoms with E-state index in [9.17, 15) is 4.79 Å². The highest BCUT2D eigenvalue weighted by molar-refractivity contribution is 7.11. The van der Waals surface area contributed by atoms with E-state index in [1.165, 1.54) is 21.6 Å². The normalized spacial score (nSPS) is 17.2. The molecule has 0 bridgehead atoms. The summed E-state index contributed by atoms with van der Waals surface area (Å²) in [5, 5.41) is 2.21. The van der Waals surface area contributed by atoms with Gasteiger partial charge in [-0.15, -0.1) is 11.3 Å². The number of aromatic nitrogens is 2. The van der Waals surface area contributed by atoms with E-state index in [-0.39, 0.29) is 12.6 Å². The van der Waals surface area contributed by atoms with Crippen molar-refractivity contribution in [3.05, 3.63) is 45.7 Å². The fourth-order valence-electron chi connectivity index (χ4n) is 3.98. The van der Waals surface area contributed by atoms with Crippen LogP contribution in [0, 0.1) is 0 Å². The first-order valence-electron chi connectivity index (χ1n) is 10.0. The van der Waals surface area contributed by atoms with E-state index in [2.05, 4.69) is 27.1 Å². The molecular weight excluding hydrogens is 374 g/mol. The average molecular weight is 402 g/mol. The molecule has 6 nitrogen and oxygen atoms in total. The van der Waals surface area contributed by atoms with Crippen LogP contribution in [0.3, 0.4) is 0 Å². The molecule has 1 saturated heterocycles. The van der Waals surface area contributed by atoms with Gasteiger partial charge in [0.1, 0.15) is 12.4 Å². The van der Waals surface area contributed by atoms with Crippen LogP contribution in [-0.2, 0) is 27.2 Å². The average Bonchev–Trinajstić information content (AvgIpc) is 3.33. The summed E-state index contributed by atoms with van der Waals surface area (Å²) in [6, 6.07) is 2.27. The molecule has 0 aromatic carbocycles. The molecule has 7 heteroatoms. The molecule has 2 aliphatic heterocycles. The second-order valence-electron chi connectivity index (χ2n) is 7.15. The number of ether oxygens (including phenoxy) is 2. The van der Waals surface area contributed by atoms with Crippen molar-refractivity contribution in [1.29, 1.82) is 0 Å². The Hall–Kier alpha value is -1.96. The van der Waals surface area contributed by atoms with Crippen LogP contribution in [0.2, 0.25) is 0 Å². The fourth-order valence-corrected chi connectivity index (χ4v) is 5.02. The molecule has 0 atom stereocenters. The van der Waals surface area contributed by atoms with E-state index in [0.29, 0.717) is 13.2 Å². The maximum Gasteiger partial charge on any atom is 0.332 e. The molecule has 0 unspecified atom stereocenters. The van der Waals surface area contributed by atoms with Crippen molar-refractivity contribution in [3.63, 3.8) is 0 Å². The Kier molecular flexibility index (Phi) is 6.24. The Bertz CT molecular complexity index is 800. The number of hydrogen-bond acceptors (Lipinski definition) is 6. The van der Waals surface area contributed by atoms with Gasteiger partial charge in [-0.25, -0.2) is 9.78 Å². The summed E-state index contributed by atoms with van der Waals surface area (Å²) in [6.07, 6.45) is 7.20. The SMILES string of the molecule is CCOC(=O)COCCN1CCC(=C2c3sccc3CCn3ccnc32)CC1. The van der Waals surface area contributed by atoms with Crippen LogP contribution in [0.4, 0.5) is 0 Å². The van der Waals surface area contributed by atoms with Crippen molar-refractivity contribution < 1.29 is 14.3 Å². The first-order chi connectivity index (χ1) is 13.8. The first kappa shape index (κ1) is 19.4. The first-order valence-corrected chi connectivity index (χ1v) is 10.9. The Morgan fingerprint density at radius 3 is 2.93 bits per heavy atom. The minimum Gasteiger partial charge on any atom is -0.464 e. The highest BCUT2D eigenvalue weighted by atomic mass is 32.1. The maximum atomic E-state index is 11.3. The Morgan fingerprint density at radius 2 is 2.11 bits per heavy atom. The molecule has 0 spiro atoms. The van der Waals surface area contributed by atoms with Crippen LogP contribution in [0.1, 0.15) is 36.0 Å². The minimum absolute atomic E-state index is 0.0425. The van der Waals surface area contributed by atoms with Crippen molar-refractivity contribution in [2.24, 2.45) is 0 Å². The number of nitrogens with zero attached hydrogens (tertiary/aromatic N) is 3. The monoisotopic (exact) mass is 401 g/mol. The van der Waals surface area contributed by atoms with E-state index in [0.717, 1.165) is 51.3 Å². The van der Waals surface area contributed by atoms with Gasteiger partial charge in [0.25, 0.3) is 0 Å². The lowest BCUT2D eigenvalue weighted by Gasteiger charge is -2.29. The van der Waals surface area contributed by atoms with E-state index in [1.807, 2.05) is 17.5 Å². The number of likely N-dealkylation sites (tertiary alicyclic amines) is 1. The number of carbonyl (C=O) groups is 1. The lowest BCUT2D eigenvalue weighted by atomic mass is 9.95. The number of imidazole rings is 1. The second-order valence-corrected chi connectivity index (χ2v) is 8.06. The fraction of sp³-hybridized carbons (Fsp3) is 0.524. The smallest absolute Gasteiger partial charge is 0.332 e. The Morgan fingerprint density at radius 1 is 1.25 bits per heavy atom. The molecule has 0 radical (unpaired) electrons. The number of thiophene rings is 1. The molecule has 150 valence electrons. The summed E-state index contributed by atoms with van der Waals surface area (Å²) >= 11 is 1.84. The molecule has 1 fully saturated rings. The van der Waals surface area contributed by atoms with E-state index in [1.54, 1.807) is 6.92 Å². The Labute approximate surface area is 169 Å². The molecule has 2 aromatic heterocycles. The standard InChI is InChI=1S/C21H27N3O3S/c1-2-27-18(25)15-26-13-12-23-8-3-16(4-9-23)19-20-17(6-14-28-20)5-10-24-11-7-22-21(19)24/h6-7,11,14H,2-5,8-10,12-13,15H2,1H3. The highest BCUT2D eigenvalue weighted by Crippen LogP contribution is 2.38. The van der Waals surface area contributed by atoms with Gasteiger partial charge in [-0.3, -0.25) is 0 Å². The van der Waals surface area contributed by atoms with Gasteiger partial charge in [0.05, 0.1) is 13.2 Å². The number of hydrogen-bond donors (Lipinski definition) is 0. The molecule has 2 aromatic rings. The molecule has 0 saturated carbocycles. The molecule has 4 rings (SSSR count). The number of esters is 1. The zero-order valence-corrected chi connectivity index (χ0v) is 17.2. The molecule has 0 N–H and O–H groups in total. The third-order valence-electron chi connectivity index (χ3n) is 5.43. The zero-order valence-electron chi connectivity index (χ0n) is 16.4. The number of aryl methyl sites for hydroxylation is 2. The van der Waals surface area contributed by atoms with Crippen molar-refractivity contribution in [2.75, 3.05) is 39.5 Å². The van der Waals surface area contributed by atoms with Crippen molar-refractivity contribution in [3.8, 4) is 0 Å². The molecule has 0 amide bonds. The quantitative estimate of drug-likeness (QED) is 0.550. The van der Waals surface area contributed by atoms with Crippen molar-refractivity contribution in [2.45, 2.75) is 32.7 Å². The number of carbonyl (C=O) groups excluding carboxylic acids is 1.